The minimum absolute atomic E-state index is 0.843. The lowest BCUT2D eigenvalue weighted by Crippen LogP contribution is -2.22. The molecule has 4 heteroatoms. The van der Waals surface area contributed by atoms with E-state index in [2.05, 4.69) is 56.6 Å². The van der Waals surface area contributed by atoms with E-state index < -0.39 is 8.53 Å². The van der Waals surface area contributed by atoms with E-state index >= 15 is 0 Å². The molecule has 0 aliphatic carbocycles. The van der Waals surface area contributed by atoms with Crippen molar-refractivity contribution in [3.05, 3.63) is 59.7 Å². The van der Waals surface area contributed by atoms with E-state index in [1.165, 1.54) is 11.1 Å². The van der Waals surface area contributed by atoms with Crippen LogP contribution in [0, 0.1) is 13.8 Å². The van der Waals surface area contributed by atoms with Crippen LogP contribution in [0.2, 0.25) is 0 Å². The molecule has 3 nitrogen and oxygen atoms in total. The van der Waals surface area contributed by atoms with Gasteiger partial charge in [-0.15, -0.1) is 0 Å². The monoisotopic (exact) mass is 317 g/mol. The molecule has 0 aliphatic rings. The molecule has 2 aromatic rings. The Morgan fingerprint density at radius 3 is 1.41 bits per heavy atom. The second kappa shape index (κ2) is 8.17. The van der Waals surface area contributed by atoms with Crippen LogP contribution in [0.3, 0.4) is 0 Å². The van der Waals surface area contributed by atoms with Gasteiger partial charge in [-0.2, -0.15) is 0 Å². The third-order valence-electron chi connectivity index (χ3n) is 3.37. The van der Waals surface area contributed by atoms with Gasteiger partial charge in [-0.25, -0.2) is 4.67 Å². The van der Waals surface area contributed by atoms with E-state index in [1.807, 2.05) is 24.3 Å². The molecular weight excluding hydrogens is 293 g/mol. The van der Waals surface area contributed by atoms with Crippen LogP contribution in [-0.4, -0.2) is 17.8 Å². The summed E-state index contributed by atoms with van der Waals surface area (Å²) in [6.45, 7) is 10.2. The topological polar surface area (TPSA) is 21.7 Å². The van der Waals surface area contributed by atoms with Crippen LogP contribution in [0.25, 0.3) is 0 Å². The summed E-state index contributed by atoms with van der Waals surface area (Å²) in [7, 11) is -1.16. The van der Waals surface area contributed by atoms with Crippen LogP contribution in [0.4, 0.5) is 0 Å². The first-order valence-electron chi connectivity index (χ1n) is 7.66. The number of hydrogen-bond acceptors (Lipinski definition) is 3. The number of rotatable bonds is 7. The Hall–Kier alpha value is -1.57. The van der Waals surface area contributed by atoms with Crippen molar-refractivity contribution in [1.29, 1.82) is 0 Å². The van der Waals surface area contributed by atoms with Gasteiger partial charge in [0.15, 0.2) is 0 Å². The van der Waals surface area contributed by atoms with E-state index in [0.717, 1.165) is 24.6 Å². The van der Waals surface area contributed by atoms with Crippen LogP contribution >= 0.6 is 8.53 Å². The summed E-state index contributed by atoms with van der Waals surface area (Å²) < 4.78 is 14.4. The predicted octanol–water partition coefficient (Wildman–Crippen LogP) is 5.33. The van der Waals surface area contributed by atoms with Gasteiger partial charge in [0, 0.05) is 13.1 Å². The van der Waals surface area contributed by atoms with Crippen molar-refractivity contribution in [2.24, 2.45) is 0 Å². The lowest BCUT2D eigenvalue weighted by atomic mass is 10.2. The lowest BCUT2D eigenvalue weighted by Gasteiger charge is -2.27. The summed E-state index contributed by atoms with van der Waals surface area (Å²) >= 11 is 0. The van der Waals surface area contributed by atoms with E-state index in [4.69, 9.17) is 9.05 Å². The average molecular weight is 317 g/mol. The highest BCUT2D eigenvalue weighted by Gasteiger charge is 2.22. The second-order valence-electron chi connectivity index (χ2n) is 5.19. The molecule has 2 aromatic carbocycles. The van der Waals surface area contributed by atoms with Crippen LogP contribution < -0.4 is 9.05 Å². The van der Waals surface area contributed by atoms with Gasteiger partial charge in [-0.3, -0.25) is 0 Å². The SMILES string of the molecule is CCN(CC)P(Oc1ccc(C)cc1)Oc1ccc(C)cc1. The van der Waals surface area contributed by atoms with E-state index in [-0.39, 0.29) is 0 Å². The normalized spacial score (nSPS) is 11.0. The smallest absolute Gasteiger partial charge is 0.384 e. The van der Waals surface area contributed by atoms with Crippen LogP contribution in [-0.2, 0) is 0 Å². The number of aryl methyl sites for hydroxylation is 2. The molecular formula is C18H24NO2P. The van der Waals surface area contributed by atoms with Crippen molar-refractivity contribution in [1.82, 2.24) is 4.67 Å². The minimum Gasteiger partial charge on any atom is -0.427 e. The fraction of sp³-hybridized carbons (Fsp3) is 0.333. The third kappa shape index (κ3) is 4.72. The first kappa shape index (κ1) is 16.8. The standard InChI is InChI=1S/C18H24NO2P/c1-5-19(6-2)22(20-17-11-7-15(3)8-12-17)21-18-13-9-16(4)10-14-18/h7-14H,5-6H2,1-4H3. The Labute approximate surface area is 134 Å². The van der Waals surface area contributed by atoms with Gasteiger partial charge in [-0.1, -0.05) is 49.2 Å². The van der Waals surface area contributed by atoms with Gasteiger partial charge in [0.25, 0.3) is 0 Å². The number of benzene rings is 2. The highest BCUT2D eigenvalue weighted by Crippen LogP contribution is 2.43. The zero-order valence-electron chi connectivity index (χ0n) is 13.7. The Morgan fingerprint density at radius 2 is 1.09 bits per heavy atom. The number of hydrogen-bond donors (Lipinski definition) is 0. The molecule has 0 bridgehead atoms. The molecule has 0 amide bonds. The van der Waals surface area contributed by atoms with Crippen LogP contribution in [0.15, 0.2) is 48.5 Å². The maximum Gasteiger partial charge on any atom is 0.384 e. The highest BCUT2D eigenvalue weighted by molar-refractivity contribution is 7.45. The van der Waals surface area contributed by atoms with Gasteiger partial charge in [-0.05, 0) is 38.1 Å². The zero-order valence-corrected chi connectivity index (χ0v) is 14.6. The van der Waals surface area contributed by atoms with Crippen LogP contribution in [0.1, 0.15) is 25.0 Å². The van der Waals surface area contributed by atoms with Gasteiger partial charge in [0.2, 0.25) is 0 Å². The largest absolute Gasteiger partial charge is 0.427 e. The van der Waals surface area contributed by atoms with Crippen molar-refractivity contribution < 1.29 is 9.05 Å². The van der Waals surface area contributed by atoms with E-state index in [0.29, 0.717) is 0 Å². The Kier molecular flexibility index (Phi) is 6.23. The molecule has 0 saturated heterocycles. The first-order chi connectivity index (χ1) is 10.6. The molecule has 0 spiro atoms. The summed E-state index contributed by atoms with van der Waals surface area (Å²) in [5.41, 5.74) is 2.44. The Bertz CT molecular complexity index is 517. The summed E-state index contributed by atoms with van der Waals surface area (Å²) in [5.74, 6) is 1.69. The van der Waals surface area contributed by atoms with Gasteiger partial charge < -0.3 is 9.05 Å². The summed E-state index contributed by atoms with van der Waals surface area (Å²) in [5, 5.41) is 0. The molecule has 118 valence electrons. The predicted molar refractivity (Wildman–Crippen MR) is 93.5 cm³/mol. The fourth-order valence-electron chi connectivity index (χ4n) is 1.97. The molecule has 0 aliphatic heterocycles. The quantitative estimate of drug-likeness (QED) is 0.644. The maximum absolute atomic E-state index is 6.12. The molecule has 0 heterocycles. The van der Waals surface area contributed by atoms with Gasteiger partial charge in [0.05, 0.1) is 0 Å². The van der Waals surface area contributed by atoms with Gasteiger partial charge >= 0.3 is 8.53 Å². The highest BCUT2D eigenvalue weighted by atomic mass is 31.2. The van der Waals surface area contributed by atoms with Crippen molar-refractivity contribution in [3.8, 4) is 11.5 Å². The summed E-state index contributed by atoms with van der Waals surface area (Å²) in [6, 6.07) is 16.2. The Morgan fingerprint density at radius 1 is 0.727 bits per heavy atom. The molecule has 2 rings (SSSR count). The number of nitrogens with zero attached hydrogens (tertiary/aromatic N) is 1. The van der Waals surface area contributed by atoms with Crippen molar-refractivity contribution >= 4 is 8.53 Å². The van der Waals surface area contributed by atoms with Crippen molar-refractivity contribution in [3.63, 3.8) is 0 Å². The van der Waals surface area contributed by atoms with Crippen molar-refractivity contribution in [2.75, 3.05) is 13.1 Å². The van der Waals surface area contributed by atoms with Gasteiger partial charge in [0.1, 0.15) is 11.5 Å². The molecule has 0 fully saturated rings. The molecule has 0 saturated carbocycles. The summed E-state index contributed by atoms with van der Waals surface area (Å²) in [6.07, 6.45) is 0. The lowest BCUT2D eigenvalue weighted by molar-refractivity contribution is 0.372. The minimum atomic E-state index is -1.16. The maximum atomic E-state index is 6.12. The van der Waals surface area contributed by atoms with Crippen molar-refractivity contribution in [2.45, 2.75) is 27.7 Å². The van der Waals surface area contributed by atoms with E-state index in [9.17, 15) is 0 Å². The molecule has 0 aromatic heterocycles. The zero-order chi connectivity index (χ0) is 15.9. The molecule has 0 atom stereocenters. The summed E-state index contributed by atoms with van der Waals surface area (Å²) in [4.78, 5) is 0. The first-order valence-corrected chi connectivity index (χ1v) is 8.79. The average Bonchev–Trinajstić information content (AvgIpc) is 2.53. The van der Waals surface area contributed by atoms with E-state index in [1.54, 1.807) is 0 Å². The van der Waals surface area contributed by atoms with Crippen LogP contribution in [0.5, 0.6) is 11.5 Å². The Balaban J connectivity index is 2.14. The molecule has 22 heavy (non-hydrogen) atoms. The molecule has 0 unspecified atom stereocenters. The third-order valence-corrected chi connectivity index (χ3v) is 5.13. The molecule has 0 radical (unpaired) electrons. The second-order valence-corrected chi connectivity index (χ2v) is 6.59. The molecule has 0 N–H and O–H groups in total. The fourth-order valence-corrected chi connectivity index (χ4v) is 3.30.